The summed E-state index contributed by atoms with van der Waals surface area (Å²) in [4.78, 5) is 11.6. The van der Waals surface area contributed by atoms with Crippen molar-refractivity contribution in [2.75, 3.05) is 25.2 Å². The molecule has 0 unspecified atom stereocenters. The van der Waals surface area contributed by atoms with Crippen LogP contribution < -0.4 is 10.6 Å². The lowest BCUT2D eigenvalue weighted by atomic mass is 10.3. The van der Waals surface area contributed by atoms with Gasteiger partial charge in [0, 0.05) is 24.9 Å². The maximum atomic E-state index is 11.4. The number of sulfone groups is 1. The van der Waals surface area contributed by atoms with Crippen LogP contribution >= 0.6 is 12.4 Å². The lowest BCUT2D eigenvalue weighted by Gasteiger charge is -2.06. The van der Waals surface area contributed by atoms with Gasteiger partial charge in [-0.25, -0.2) is 8.42 Å². The Balaban J connectivity index is 0.00000289. The van der Waals surface area contributed by atoms with Crippen molar-refractivity contribution in [1.29, 1.82) is 0 Å². The molecule has 0 aliphatic rings. The van der Waals surface area contributed by atoms with Gasteiger partial charge in [-0.1, -0.05) is 6.07 Å². The molecule has 0 saturated heterocycles. The van der Waals surface area contributed by atoms with Gasteiger partial charge in [0.05, 0.1) is 4.90 Å². The highest BCUT2D eigenvalue weighted by Gasteiger charge is 2.08. The van der Waals surface area contributed by atoms with E-state index in [-0.39, 0.29) is 23.2 Å². The summed E-state index contributed by atoms with van der Waals surface area (Å²) in [6.07, 6.45) is 1.48. The highest BCUT2D eigenvalue weighted by Crippen LogP contribution is 2.15. The molecule has 0 aliphatic carbocycles. The predicted molar refractivity (Wildman–Crippen MR) is 74.0 cm³/mol. The Kier molecular flexibility index (Phi) is 6.90. The fraction of sp³-hybridized carbons (Fsp3) is 0.364. The molecule has 5 nitrogen and oxygen atoms in total. The van der Waals surface area contributed by atoms with Gasteiger partial charge in [0.2, 0.25) is 5.91 Å². The molecule has 1 aromatic carbocycles. The number of anilines is 1. The maximum absolute atomic E-state index is 11.4. The zero-order chi connectivity index (χ0) is 12.9. The second-order valence-electron chi connectivity index (χ2n) is 3.70. The van der Waals surface area contributed by atoms with E-state index >= 15 is 0 Å². The number of halogens is 1. The normalized spacial score (nSPS) is 10.6. The molecular weight excluding hydrogens is 276 g/mol. The fourth-order valence-electron chi connectivity index (χ4n) is 1.27. The van der Waals surface area contributed by atoms with E-state index in [0.717, 1.165) is 6.26 Å². The van der Waals surface area contributed by atoms with Crippen LogP contribution in [0.3, 0.4) is 0 Å². The first-order chi connectivity index (χ1) is 7.93. The van der Waals surface area contributed by atoms with E-state index < -0.39 is 9.84 Å². The first kappa shape index (κ1) is 16.9. The Morgan fingerprint density at radius 3 is 2.56 bits per heavy atom. The first-order valence-corrected chi connectivity index (χ1v) is 7.07. The number of nitrogens with one attached hydrogen (secondary N) is 2. The molecule has 0 radical (unpaired) electrons. The molecule has 0 aliphatic heterocycles. The summed E-state index contributed by atoms with van der Waals surface area (Å²) >= 11 is 0. The minimum atomic E-state index is -3.24. The molecule has 0 spiro atoms. The van der Waals surface area contributed by atoms with Crippen molar-refractivity contribution >= 4 is 33.8 Å². The van der Waals surface area contributed by atoms with Gasteiger partial charge < -0.3 is 10.6 Å². The van der Waals surface area contributed by atoms with Gasteiger partial charge in [-0.05, 0) is 25.2 Å². The van der Waals surface area contributed by atoms with E-state index in [0.29, 0.717) is 18.7 Å². The van der Waals surface area contributed by atoms with Crippen LogP contribution in [-0.4, -0.2) is 34.2 Å². The number of rotatable bonds is 5. The van der Waals surface area contributed by atoms with Crippen LogP contribution in [0.25, 0.3) is 0 Å². The van der Waals surface area contributed by atoms with Gasteiger partial charge in [0.25, 0.3) is 0 Å². The van der Waals surface area contributed by atoms with Crippen LogP contribution in [0.1, 0.15) is 6.42 Å². The van der Waals surface area contributed by atoms with Crippen LogP contribution in [0.4, 0.5) is 5.69 Å². The van der Waals surface area contributed by atoms with E-state index in [4.69, 9.17) is 0 Å². The van der Waals surface area contributed by atoms with Crippen molar-refractivity contribution in [1.82, 2.24) is 5.32 Å². The van der Waals surface area contributed by atoms with E-state index in [9.17, 15) is 13.2 Å². The highest BCUT2D eigenvalue weighted by molar-refractivity contribution is 7.90. The topological polar surface area (TPSA) is 75.3 Å². The van der Waals surface area contributed by atoms with Crippen molar-refractivity contribution in [2.45, 2.75) is 11.3 Å². The Morgan fingerprint density at radius 1 is 1.33 bits per heavy atom. The van der Waals surface area contributed by atoms with Crippen LogP contribution in [0.2, 0.25) is 0 Å². The van der Waals surface area contributed by atoms with Crippen LogP contribution in [0.15, 0.2) is 29.2 Å². The molecule has 7 heteroatoms. The van der Waals surface area contributed by atoms with Gasteiger partial charge >= 0.3 is 0 Å². The summed E-state index contributed by atoms with van der Waals surface area (Å²) in [6.45, 7) is 0.581. The highest BCUT2D eigenvalue weighted by atomic mass is 35.5. The van der Waals surface area contributed by atoms with E-state index in [1.165, 1.54) is 12.1 Å². The van der Waals surface area contributed by atoms with Crippen LogP contribution in [0.5, 0.6) is 0 Å². The summed E-state index contributed by atoms with van der Waals surface area (Å²) < 4.78 is 22.6. The number of hydrogen-bond acceptors (Lipinski definition) is 4. The van der Waals surface area contributed by atoms with Crippen molar-refractivity contribution in [2.24, 2.45) is 0 Å². The van der Waals surface area contributed by atoms with Crippen molar-refractivity contribution < 1.29 is 13.2 Å². The lowest BCUT2D eigenvalue weighted by molar-refractivity contribution is -0.116. The Labute approximate surface area is 113 Å². The molecule has 2 N–H and O–H groups in total. The summed E-state index contributed by atoms with van der Waals surface area (Å²) in [5.74, 6) is -0.148. The minimum Gasteiger partial charge on any atom is -0.326 e. The molecule has 0 atom stereocenters. The fourth-order valence-corrected chi connectivity index (χ4v) is 1.93. The molecule has 1 aromatic rings. The van der Waals surface area contributed by atoms with E-state index in [1.54, 1.807) is 19.2 Å². The SMILES string of the molecule is CNCCC(=O)Nc1cccc(S(C)(=O)=O)c1.Cl. The average molecular weight is 293 g/mol. The lowest BCUT2D eigenvalue weighted by Crippen LogP contribution is -2.18. The summed E-state index contributed by atoms with van der Waals surface area (Å²) in [6, 6.07) is 6.21. The molecule has 0 fully saturated rings. The van der Waals surface area contributed by atoms with Gasteiger partial charge in [0.15, 0.2) is 9.84 Å². The van der Waals surface area contributed by atoms with Gasteiger partial charge in [0.1, 0.15) is 0 Å². The number of hydrogen-bond donors (Lipinski definition) is 2. The first-order valence-electron chi connectivity index (χ1n) is 5.18. The number of benzene rings is 1. The number of carbonyl (C=O) groups excluding carboxylic acids is 1. The molecule has 1 rings (SSSR count). The Hall–Kier alpha value is -1.11. The summed E-state index contributed by atoms with van der Waals surface area (Å²) in [5, 5.41) is 5.51. The average Bonchev–Trinajstić information content (AvgIpc) is 2.25. The van der Waals surface area contributed by atoms with Crippen molar-refractivity contribution in [3.63, 3.8) is 0 Å². The molecule has 0 aromatic heterocycles. The third-order valence-electron chi connectivity index (χ3n) is 2.15. The zero-order valence-corrected chi connectivity index (χ0v) is 11.9. The molecular formula is C11H17ClN2O3S. The summed E-state index contributed by atoms with van der Waals surface area (Å²) in [5.41, 5.74) is 0.494. The Morgan fingerprint density at radius 2 is 2.00 bits per heavy atom. The molecule has 18 heavy (non-hydrogen) atoms. The largest absolute Gasteiger partial charge is 0.326 e. The third-order valence-corrected chi connectivity index (χ3v) is 3.26. The van der Waals surface area contributed by atoms with Crippen molar-refractivity contribution in [3.8, 4) is 0 Å². The minimum absolute atomic E-state index is 0. The molecule has 102 valence electrons. The molecule has 0 saturated carbocycles. The van der Waals surface area contributed by atoms with E-state index in [1.807, 2.05) is 0 Å². The maximum Gasteiger partial charge on any atom is 0.225 e. The smallest absolute Gasteiger partial charge is 0.225 e. The van der Waals surface area contributed by atoms with Crippen molar-refractivity contribution in [3.05, 3.63) is 24.3 Å². The summed E-state index contributed by atoms with van der Waals surface area (Å²) in [7, 11) is -1.48. The number of amides is 1. The molecule has 1 amide bonds. The second kappa shape index (κ2) is 7.35. The van der Waals surface area contributed by atoms with Gasteiger partial charge in [-0.15, -0.1) is 12.4 Å². The van der Waals surface area contributed by atoms with Crippen LogP contribution in [0, 0.1) is 0 Å². The monoisotopic (exact) mass is 292 g/mol. The standard InChI is InChI=1S/C11H16N2O3S.ClH/c1-12-7-6-11(14)13-9-4-3-5-10(8-9)17(2,15)16;/h3-5,8,12H,6-7H2,1-2H3,(H,13,14);1H. The Bertz CT molecular complexity index is 503. The van der Waals surface area contributed by atoms with Gasteiger partial charge in [-0.2, -0.15) is 0 Å². The van der Waals surface area contributed by atoms with E-state index in [2.05, 4.69) is 10.6 Å². The van der Waals surface area contributed by atoms with Crippen LogP contribution in [-0.2, 0) is 14.6 Å². The third kappa shape index (κ3) is 5.48. The zero-order valence-electron chi connectivity index (χ0n) is 10.3. The quantitative estimate of drug-likeness (QED) is 0.851. The molecule has 0 bridgehead atoms. The second-order valence-corrected chi connectivity index (χ2v) is 5.72. The number of carbonyl (C=O) groups is 1. The predicted octanol–water partition coefficient (Wildman–Crippen LogP) is 1.06. The van der Waals surface area contributed by atoms with Gasteiger partial charge in [-0.3, -0.25) is 4.79 Å². The molecule has 0 heterocycles.